The highest BCUT2D eigenvalue weighted by molar-refractivity contribution is 5.32. The standard InChI is InChI=1S/C16H25/c1-4-7-9-15-12-11-14(6-3)13-16(15)10-8-5-2/h11-13H,3-10H2,1-2H3. The van der Waals surface area contributed by atoms with Crippen molar-refractivity contribution < 1.29 is 0 Å². The molecule has 0 aliphatic rings. The largest absolute Gasteiger partial charge is 0.0654 e. The maximum atomic E-state index is 3.97. The summed E-state index contributed by atoms with van der Waals surface area (Å²) in [6, 6.07) is 6.93. The summed E-state index contributed by atoms with van der Waals surface area (Å²) >= 11 is 0. The quantitative estimate of drug-likeness (QED) is 0.618. The molecule has 0 heteroatoms. The third-order valence-electron chi connectivity index (χ3n) is 3.16. The molecule has 0 nitrogen and oxygen atoms in total. The first kappa shape index (κ1) is 13.3. The van der Waals surface area contributed by atoms with Gasteiger partial charge in [0.1, 0.15) is 0 Å². The Balaban J connectivity index is 2.78. The molecule has 0 amide bonds. The van der Waals surface area contributed by atoms with Crippen LogP contribution in [-0.4, -0.2) is 0 Å². The molecule has 0 saturated heterocycles. The Morgan fingerprint density at radius 2 is 1.56 bits per heavy atom. The lowest BCUT2D eigenvalue weighted by molar-refractivity contribution is 0.757. The summed E-state index contributed by atoms with van der Waals surface area (Å²) in [6.07, 6.45) is 8.57. The lowest BCUT2D eigenvalue weighted by Gasteiger charge is -2.10. The van der Waals surface area contributed by atoms with Crippen LogP contribution < -0.4 is 0 Å². The fourth-order valence-electron chi connectivity index (χ4n) is 2.05. The Labute approximate surface area is 101 Å². The Hall–Kier alpha value is -0.780. The molecule has 0 heterocycles. The average molecular weight is 217 g/mol. The van der Waals surface area contributed by atoms with Crippen LogP contribution in [0.15, 0.2) is 18.2 Å². The summed E-state index contributed by atoms with van der Waals surface area (Å²) in [4.78, 5) is 0. The van der Waals surface area contributed by atoms with Crippen LogP contribution in [0, 0.1) is 6.92 Å². The molecule has 0 aromatic heterocycles. The molecule has 16 heavy (non-hydrogen) atoms. The van der Waals surface area contributed by atoms with Crippen LogP contribution in [0.5, 0.6) is 0 Å². The number of unbranched alkanes of at least 4 members (excludes halogenated alkanes) is 2. The van der Waals surface area contributed by atoms with Crippen LogP contribution >= 0.6 is 0 Å². The average Bonchev–Trinajstić information content (AvgIpc) is 2.34. The van der Waals surface area contributed by atoms with Gasteiger partial charge in [-0.25, -0.2) is 0 Å². The molecule has 0 aliphatic carbocycles. The lowest BCUT2D eigenvalue weighted by atomic mass is 9.95. The summed E-state index contributed by atoms with van der Waals surface area (Å²) in [6.45, 7) is 8.49. The predicted molar refractivity (Wildman–Crippen MR) is 72.7 cm³/mol. The van der Waals surface area contributed by atoms with Crippen LogP contribution in [0.3, 0.4) is 0 Å². The van der Waals surface area contributed by atoms with Crippen LogP contribution in [-0.2, 0) is 19.3 Å². The predicted octanol–water partition coefficient (Wildman–Crippen LogP) is 4.75. The molecule has 0 fully saturated rings. The summed E-state index contributed by atoms with van der Waals surface area (Å²) in [5.74, 6) is 0. The van der Waals surface area contributed by atoms with Gasteiger partial charge in [0, 0.05) is 0 Å². The van der Waals surface area contributed by atoms with Gasteiger partial charge in [0.2, 0.25) is 0 Å². The second-order valence-electron chi connectivity index (χ2n) is 4.56. The van der Waals surface area contributed by atoms with Gasteiger partial charge in [0.15, 0.2) is 0 Å². The Morgan fingerprint density at radius 1 is 0.938 bits per heavy atom. The molecular formula is C16H25. The van der Waals surface area contributed by atoms with E-state index in [0.717, 1.165) is 6.42 Å². The molecule has 89 valence electrons. The summed E-state index contributed by atoms with van der Waals surface area (Å²) < 4.78 is 0. The molecule has 0 bridgehead atoms. The minimum absolute atomic E-state index is 0.910. The molecular weight excluding hydrogens is 192 g/mol. The summed E-state index contributed by atoms with van der Waals surface area (Å²) in [5.41, 5.74) is 4.51. The monoisotopic (exact) mass is 217 g/mol. The van der Waals surface area contributed by atoms with Crippen molar-refractivity contribution in [2.75, 3.05) is 0 Å². The topological polar surface area (TPSA) is 0 Å². The second kappa shape index (κ2) is 7.49. The first-order valence-electron chi connectivity index (χ1n) is 6.71. The van der Waals surface area contributed by atoms with Gasteiger partial charge in [-0.15, -0.1) is 0 Å². The first-order chi connectivity index (χ1) is 7.81. The van der Waals surface area contributed by atoms with Crippen molar-refractivity contribution in [3.05, 3.63) is 41.8 Å². The molecule has 1 aromatic rings. The number of hydrogen-bond donors (Lipinski definition) is 0. The zero-order valence-electron chi connectivity index (χ0n) is 10.9. The Kier molecular flexibility index (Phi) is 6.22. The van der Waals surface area contributed by atoms with Crippen molar-refractivity contribution in [1.82, 2.24) is 0 Å². The van der Waals surface area contributed by atoms with E-state index in [0.29, 0.717) is 0 Å². The van der Waals surface area contributed by atoms with E-state index in [1.165, 1.54) is 44.1 Å². The van der Waals surface area contributed by atoms with Gasteiger partial charge in [-0.2, -0.15) is 0 Å². The zero-order valence-corrected chi connectivity index (χ0v) is 10.9. The van der Waals surface area contributed by atoms with E-state index >= 15 is 0 Å². The van der Waals surface area contributed by atoms with Gasteiger partial charge < -0.3 is 0 Å². The molecule has 0 spiro atoms. The van der Waals surface area contributed by atoms with Crippen molar-refractivity contribution in [3.63, 3.8) is 0 Å². The van der Waals surface area contributed by atoms with Gasteiger partial charge in [0.05, 0.1) is 0 Å². The fraction of sp³-hybridized carbons (Fsp3) is 0.562. The van der Waals surface area contributed by atoms with E-state index in [1.807, 2.05) is 0 Å². The zero-order chi connectivity index (χ0) is 11.8. The van der Waals surface area contributed by atoms with Crippen molar-refractivity contribution >= 4 is 0 Å². The second-order valence-corrected chi connectivity index (χ2v) is 4.56. The van der Waals surface area contributed by atoms with Gasteiger partial charge >= 0.3 is 0 Å². The Bertz CT molecular complexity index is 299. The van der Waals surface area contributed by atoms with Gasteiger partial charge in [-0.05, 0) is 55.7 Å². The maximum Gasteiger partial charge on any atom is -0.0276 e. The van der Waals surface area contributed by atoms with Gasteiger partial charge in [-0.1, -0.05) is 44.9 Å². The SMILES string of the molecule is [CH2]Cc1ccc(CCCC)c(CCCC)c1. The van der Waals surface area contributed by atoms with Crippen LogP contribution in [0.1, 0.15) is 56.2 Å². The van der Waals surface area contributed by atoms with E-state index in [4.69, 9.17) is 0 Å². The number of rotatable bonds is 7. The van der Waals surface area contributed by atoms with Crippen LogP contribution in [0.4, 0.5) is 0 Å². The number of hydrogen-bond acceptors (Lipinski definition) is 0. The van der Waals surface area contributed by atoms with Crippen LogP contribution in [0.25, 0.3) is 0 Å². The molecule has 0 N–H and O–H groups in total. The number of benzene rings is 1. The van der Waals surface area contributed by atoms with Crippen molar-refractivity contribution in [2.24, 2.45) is 0 Å². The molecule has 0 unspecified atom stereocenters. The molecule has 0 saturated carbocycles. The molecule has 1 radical (unpaired) electrons. The van der Waals surface area contributed by atoms with Crippen molar-refractivity contribution in [2.45, 2.75) is 58.8 Å². The van der Waals surface area contributed by atoms with E-state index in [1.54, 1.807) is 11.1 Å². The first-order valence-corrected chi connectivity index (χ1v) is 6.71. The van der Waals surface area contributed by atoms with E-state index in [2.05, 4.69) is 39.0 Å². The highest BCUT2D eigenvalue weighted by atomic mass is 14.1. The van der Waals surface area contributed by atoms with E-state index in [9.17, 15) is 0 Å². The minimum atomic E-state index is 0.910. The van der Waals surface area contributed by atoms with Crippen molar-refractivity contribution in [1.29, 1.82) is 0 Å². The van der Waals surface area contributed by atoms with Crippen molar-refractivity contribution in [3.8, 4) is 0 Å². The molecule has 1 aromatic carbocycles. The van der Waals surface area contributed by atoms with Gasteiger partial charge in [-0.3, -0.25) is 0 Å². The van der Waals surface area contributed by atoms with E-state index in [-0.39, 0.29) is 0 Å². The highest BCUT2D eigenvalue weighted by Crippen LogP contribution is 2.17. The third kappa shape index (κ3) is 4.00. The van der Waals surface area contributed by atoms with Gasteiger partial charge in [0.25, 0.3) is 0 Å². The highest BCUT2D eigenvalue weighted by Gasteiger charge is 2.03. The lowest BCUT2D eigenvalue weighted by Crippen LogP contribution is -1.97. The third-order valence-corrected chi connectivity index (χ3v) is 3.16. The Morgan fingerprint density at radius 3 is 2.12 bits per heavy atom. The smallest absolute Gasteiger partial charge is 0.0276 e. The molecule has 1 rings (SSSR count). The molecule has 0 aliphatic heterocycles. The van der Waals surface area contributed by atoms with Crippen LogP contribution in [0.2, 0.25) is 0 Å². The number of aryl methyl sites for hydroxylation is 2. The fourth-order valence-corrected chi connectivity index (χ4v) is 2.05. The maximum absolute atomic E-state index is 3.97. The summed E-state index contributed by atoms with van der Waals surface area (Å²) in [5, 5.41) is 0. The normalized spacial score (nSPS) is 10.7. The minimum Gasteiger partial charge on any atom is -0.0654 e. The van der Waals surface area contributed by atoms with E-state index < -0.39 is 0 Å². The molecule has 0 atom stereocenters. The summed E-state index contributed by atoms with van der Waals surface area (Å²) in [7, 11) is 0.